The lowest BCUT2D eigenvalue weighted by atomic mass is 10.0. The molecule has 2 aromatic heterocycles. The maximum absolute atomic E-state index is 12.6. The van der Waals surface area contributed by atoms with Gasteiger partial charge < -0.3 is 10.6 Å². The van der Waals surface area contributed by atoms with Crippen molar-refractivity contribution >= 4 is 44.0 Å². The molecule has 5 rings (SSSR count). The quantitative estimate of drug-likeness (QED) is 0.335. The van der Waals surface area contributed by atoms with E-state index in [4.69, 9.17) is 4.98 Å². The van der Waals surface area contributed by atoms with E-state index in [1.165, 1.54) is 4.70 Å². The number of nitrogens with zero attached hydrogens (tertiary/aromatic N) is 2. The fourth-order valence-corrected chi connectivity index (χ4v) is 5.28. The Balaban J connectivity index is 1.21. The van der Waals surface area contributed by atoms with Crippen molar-refractivity contribution in [1.82, 2.24) is 14.7 Å². The number of benzene rings is 3. The largest absolute Gasteiger partial charge is 0.344 e. The van der Waals surface area contributed by atoms with E-state index in [1.807, 2.05) is 68.6 Å². The van der Waals surface area contributed by atoms with Crippen LogP contribution in [-0.4, -0.2) is 27.2 Å². The molecule has 176 valence electrons. The first-order chi connectivity index (χ1) is 16.9. The third-order valence-corrected chi connectivity index (χ3v) is 6.90. The molecule has 6 nitrogen and oxygen atoms in total. The number of amides is 2. The van der Waals surface area contributed by atoms with Crippen LogP contribution in [0.2, 0.25) is 0 Å². The number of para-hydroxylation sites is 1. The average molecular weight is 483 g/mol. The summed E-state index contributed by atoms with van der Waals surface area (Å²) in [6.07, 6.45) is 2.28. The average Bonchev–Trinajstić information content (AvgIpc) is 3.37. The molecule has 0 saturated carbocycles. The molecule has 1 atom stereocenters. The maximum Gasteiger partial charge on any atom is 0.246 e. The summed E-state index contributed by atoms with van der Waals surface area (Å²) >= 11 is 1.66. The van der Waals surface area contributed by atoms with Crippen molar-refractivity contribution in [2.24, 2.45) is 0 Å². The molecule has 2 heterocycles. The molecule has 0 bridgehead atoms. The van der Waals surface area contributed by atoms with Gasteiger partial charge in [0.1, 0.15) is 6.04 Å². The molecule has 0 fully saturated rings. The Labute approximate surface area is 207 Å². The SMILES string of the molecule is Cc1cc(C)cc(CC(=O)NC(C)C(=O)Nc2ccc(-c3cn4c(n3)sc3ccccc34)cc2)c1. The van der Waals surface area contributed by atoms with E-state index in [0.717, 1.165) is 38.4 Å². The Morgan fingerprint density at radius 2 is 1.71 bits per heavy atom. The summed E-state index contributed by atoms with van der Waals surface area (Å²) in [6, 6.07) is 21.2. The molecule has 0 spiro atoms. The van der Waals surface area contributed by atoms with Crippen LogP contribution >= 0.6 is 11.3 Å². The van der Waals surface area contributed by atoms with Gasteiger partial charge in [0.05, 0.1) is 22.3 Å². The lowest BCUT2D eigenvalue weighted by Gasteiger charge is -2.15. The standard InChI is InChI=1S/C28H26N4O2S/c1-17-12-18(2)14-20(13-17)15-26(33)29-19(3)27(34)30-22-10-8-21(9-11-22)23-16-32-24-6-4-5-7-25(24)35-28(32)31-23/h4-14,16,19H,15H2,1-3H3,(H,29,33)(H,30,34). The molecular formula is C28H26N4O2S. The molecular weight excluding hydrogens is 456 g/mol. The first kappa shape index (κ1) is 22.8. The molecule has 0 aliphatic heterocycles. The molecule has 2 N–H and O–H groups in total. The van der Waals surface area contributed by atoms with Gasteiger partial charge >= 0.3 is 0 Å². The highest BCUT2D eigenvalue weighted by Gasteiger charge is 2.17. The van der Waals surface area contributed by atoms with Crippen LogP contribution in [0.5, 0.6) is 0 Å². The van der Waals surface area contributed by atoms with Gasteiger partial charge in [0, 0.05) is 17.4 Å². The minimum absolute atomic E-state index is 0.180. The summed E-state index contributed by atoms with van der Waals surface area (Å²) in [5, 5.41) is 5.66. The van der Waals surface area contributed by atoms with E-state index < -0.39 is 6.04 Å². The van der Waals surface area contributed by atoms with Crippen molar-refractivity contribution in [1.29, 1.82) is 0 Å². The highest BCUT2D eigenvalue weighted by molar-refractivity contribution is 7.23. The second-order valence-electron chi connectivity index (χ2n) is 8.88. The Kier molecular flexibility index (Phi) is 6.09. The highest BCUT2D eigenvalue weighted by atomic mass is 32.1. The van der Waals surface area contributed by atoms with Crippen molar-refractivity contribution in [2.45, 2.75) is 33.2 Å². The summed E-state index contributed by atoms with van der Waals surface area (Å²) in [6.45, 7) is 5.70. The van der Waals surface area contributed by atoms with Gasteiger partial charge in [0.15, 0.2) is 4.96 Å². The van der Waals surface area contributed by atoms with Gasteiger partial charge in [0.25, 0.3) is 0 Å². The Morgan fingerprint density at radius 3 is 2.46 bits per heavy atom. The monoisotopic (exact) mass is 482 g/mol. The van der Waals surface area contributed by atoms with Crippen molar-refractivity contribution in [3.63, 3.8) is 0 Å². The minimum atomic E-state index is -0.652. The van der Waals surface area contributed by atoms with Crippen molar-refractivity contribution in [3.05, 3.63) is 89.6 Å². The molecule has 3 aromatic carbocycles. The van der Waals surface area contributed by atoms with Gasteiger partial charge in [-0.2, -0.15) is 0 Å². The van der Waals surface area contributed by atoms with Gasteiger partial charge in [-0.05, 0) is 50.6 Å². The Morgan fingerprint density at radius 1 is 1.00 bits per heavy atom. The van der Waals surface area contributed by atoms with Crippen molar-refractivity contribution < 1.29 is 9.59 Å². The van der Waals surface area contributed by atoms with Crippen LogP contribution in [-0.2, 0) is 16.0 Å². The maximum atomic E-state index is 12.6. The molecule has 7 heteroatoms. The number of hydrogen-bond acceptors (Lipinski definition) is 4. The third-order valence-electron chi connectivity index (χ3n) is 5.86. The lowest BCUT2D eigenvalue weighted by Crippen LogP contribution is -2.42. The fraction of sp³-hybridized carbons (Fsp3) is 0.179. The summed E-state index contributed by atoms with van der Waals surface area (Å²) in [7, 11) is 0. The van der Waals surface area contributed by atoms with E-state index in [1.54, 1.807) is 18.3 Å². The summed E-state index contributed by atoms with van der Waals surface area (Å²) in [5.74, 6) is -0.444. The molecule has 5 aromatic rings. The summed E-state index contributed by atoms with van der Waals surface area (Å²) < 4.78 is 3.31. The first-order valence-electron chi connectivity index (χ1n) is 11.5. The molecule has 0 aliphatic carbocycles. The number of carbonyl (C=O) groups excluding carboxylic acids is 2. The zero-order chi connectivity index (χ0) is 24.5. The number of hydrogen-bond donors (Lipinski definition) is 2. The van der Waals surface area contributed by atoms with Gasteiger partial charge in [0.2, 0.25) is 11.8 Å². The summed E-state index contributed by atoms with van der Waals surface area (Å²) in [4.78, 5) is 30.8. The van der Waals surface area contributed by atoms with Gasteiger partial charge in [-0.1, -0.05) is 64.9 Å². The second-order valence-corrected chi connectivity index (χ2v) is 9.89. The van der Waals surface area contributed by atoms with Crippen LogP contribution in [0, 0.1) is 13.8 Å². The van der Waals surface area contributed by atoms with Crippen LogP contribution in [0.25, 0.3) is 26.4 Å². The highest BCUT2D eigenvalue weighted by Crippen LogP contribution is 2.29. The van der Waals surface area contributed by atoms with E-state index in [0.29, 0.717) is 5.69 Å². The number of fused-ring (bicyclic) bond motifs is 3. The molecule has 0 radical (unpaired) electrons. The van der Waals surface area contributed by atoms with Gasteiger partial charge in [-0.25, -0.2) is 4.98 Å². The van der Waals surface area contributed by atoms with Crippen molar-refractivity contribution in [3.8, 4) is 11.3 Å². The van der Waals surface area contributed by atoms with Crippen LogP contribution in [0.4, 0.5) is 5.69 Å². The zero-order valence-electron chi connectivity index (χ0n) is 19.8. The van der Waals surface area contributed by atoms with Gasteiger partial charge in [-0.15, -0.1) is 0 Å². The first-order valence-corrected chi connectivity index (χ1v) is 12.3. The number of thiazole rings is 1. The van der Waals surface area contributed by atoms with Crippen LogP contribution in [0.3, 0.4) is 0 Å². The number of anilines is 1. The fourth-order valence-electron chi connectivity index (χ4n) is 4.28. The molecule has 35 heavy (non-hydrogen) atoms. The third kappa shape index (κ3) is 4.95. The normalized spacial score (nSPS) is 12.1. The van der Waals surface area contributed by atoms with E-state index in [-0.39, 0.29) is 18.2 Å². The molecule has 0 saturated heterocycles. The van der Waals surface area contributed by atoms with E-state index in [9.17, 15) is 9.59 Å². The number of carbonyl (C=O) groups is 2. The van der Waals surface area contributed by atoms with Gasteiger partial charge in [-0.3, -0.25) is 14.0 Å². The lowest BCUT2D eigenvalue weighted by molar-refractivity contribution is -0.125. The number of imidazole rings is 1. The predicted octanol–water partition coefficient (Wildman–Crippen LogP) is 5.52. The smallest absolute Gasteiger partial charge is 0.246 e. The topological polar surface area (TPSA) is 75.5 Å². The number of aryl methyl sites for hydroxylation is 2. The molecule has 2 amide bonds. The Bertz CT molecular complexity index is 1530. The van der Waals surface area contributed by atoms with Crippen LogP contribution in [0.1, 0.15) is 23.6 Å². The zero-order valence-corrected chi connectivity index (χ0v) is 20.6. The number of rotatable bonds is 6. The van der Waals surface area contributed by atoms with E-state index in [2.05, 4.69) is 33.2 Å². The summed E-state index contributed by atoms with van der Waals surface area (Å²) in [5.41, 5.74) is 6.83. The predicted molar refractivity (Wildman–Crippen MR) is 142 cm³/mol. The van der Waals surface area contributed by atoms with Crippen molar-refractivity contribution in [2.75, 3.05) is 5.32 Å². The number of aromatic nitrogens is 2. The van der Waals surface area contributed by atoms with Crippen LogP contribution in [0.15, 0.2) is 72.9 Å². The molecule has 1 unspecified atom stereocenters. The number of nitrogens with one attached hydrogen (secondary N) is 2. The minimum Gasteiger partial charge on any atom is -0.344 e. The Hall–Kier alpha value is -3.97. The van der Waals surface area contributed by atoms with Crippen LogP contribution < -0.4 is 10.6 Å². The molecule has 0 aliphatic rings. The second kappa shape index (κ2) is 9.35. The van der Waals surface area contributed by atoms with E-state index >= 15 is 0 Å².